The first-order valence-electron chi connectivity index (χ1n) is 6.26. The maximum atomic E-state index is 12.2. The number of anilines is 1. The second-order valence-electron chi connectivity index (χ2n) is 4.31. The second kappa shape index (κ2) is 7.21. The van der Waals surface area contributed by atoms with Gasteiger partial charge in [-0.25, -0.2) is 29.0 Å². The van der Waals surface area contributed by atoms with Gasteiger partial charge in [-0.1, -0.05) is 13.8 Å². The molecule has 0 aliphatic heterocycles. The molecule has 0 saturated carbocycles. The first-order chi connectivity index (χ1) is 9.43. The Hall–Kier alpha value is -0.900. The highest BCUT2D eigenvalue weighted by Crippen LogP contribution is 2.29. The number of nitrogen functional groups attached to an aromatic ring is 1. The van der Waals surface area contributed by atoms with Crippen LogP contribution in [0.25, 0.3) is 0 Å². The fraction of sp³-hybridized carbons (Fsp3) is 0.636. The molecule has 0 saturated heterocycles. The van der Waals surface area contributed by atoms with Gasteiger partial charge in [-0.15, -0.1) is 0 Å². The van der Waals surface area contributed by atoms with Crippen LogP contribution in [0.15, 0.2) is 17.3 Å². The molecule has 1 rings (SSSR count). The minimum absolute atomic E-state index is 0.0266. The van der Waals surface area contributed by atoms with Gasteiger partial charge in [-0.2, -0.15) is 11.8 Å². The van der Waals surface area contributed by atoms with E-state index in [2.05, 4.69) is 34.0 Å². The van der Waals surface area contributed by atoms with Crippen LogP contribution >= 0.6 is 11.8 Å². The van der Waals surface area contributed by atoms with E-state index in [1.165, 1.54) is 12.4 Å². The van der Waals surface area contributed by atoms with E-state index in [4.69, 9.17) is 5.84 Å². The molecule has 114 valence electrons. The Labute approximate surface area is 124 Å². The molecule has 0 radical (unpaired) electrons. The van der Waals surface area contributed by atoms with E-state index in [1.807, 2.05) is 6.26 Å². The van der Waals surface area contributed by atoms with Gasteiger partial charge in [0.25, 0.3) is 0 Å². The lowest BCUT2D eigenvalue weighted by molar-refractivity contribution is 0.521. The zero-order chi connectivity index (χ0) is 15.2. The molecule has 0 aliphatic carbocycles. The average Bonchev–Trinajstić information content (AvgIpc) is 2.49. The first kappa shape index (κ1) is 17.2. The Morgan fingerprint density at radius 2 is 1.85 bits per heavy atom. The Kier molecular flexibility index (Phi) is 6.18. The van der Waals surface area contributed by atoms with Crippen molar-refractivity contribution >= 4 is 27.7 Å². The predicted molar refractivity (Wildman–Crippen MR) is 81.9 cm³/mol. The molecular weight excluding hydrogens is 298 g/mol. The van der Waals surface area contributed by atoms with Crippen molar-refractivity contribution in [3.63, 3.8) is 0 Å². The summed E-state index contributed by atoms with van der Waals surface area (Å²) in [6.45, 7) is 4.48. The molecule has 9 heteroatoms. The van der Waals surface area contributed by atoms with Crippen LogP contribution in [0.4, 0.5) is 5.95 Å². The smallest absolute Gasteiger partial charge is 0.243 e. The van der Waals surface area contributed by atoms with Gasteiger partial charge < -0.3 is 0 Å². The number of hydrogen-bond donors (Lipinski definition) is 3. The lowest BCUT2D eigenvalue weighted by Gasteiger charge is -2.29. The number of aromatic nitrogens is 2. The Morgan fingerprint density at radius 3 is 2.25 bits per heavy atom. The van der Waals surface area contributed by atoms with Crippen LogP contribution in [0.5, 0.6) is 0 Å². The first-order valence-corrected chi connectivity index (χ1v) is 8.97. The molecule has 20 heavy (non-hydrogen) atoms. The summed E-state index contributed by atoms with van der Waals surface area (Å²) in [7, 11) is -3.61. The summed E-state index contributed by atoms with van der Waals surface area (Å²) in [4.78, 5) is 7.62. The summed E-state index contributed by atoms with van der Waals surface area (Å²) >= 11 is 1.67. The summed E-state index contributed by atoms with van der Waals surface area (Å²) in [6, 6.07) is 0. The van der Waals surface area contributed by atoms with E-state index in [9.17, 15) is 8.42 Å². The Morgan fingerprint density at radius 1 is 1.30 bits per heavy atom. The zero-order valence-electron chi connectivity index (χ0n) is 11.9. The van der Waals surface area contributed by atoms with Crippen LogP contribution in [0.3, 0.4) is 0 Å². The van der Waals surface area contributed by atoms with Crippen molar-refractivity contribution in [1.29, 1.82) is 0 Å². The van der Waals surface area contributed by atoms with Crippen LogP contribution in [0.2, 0.25) is 0 Å². The molecule has 1 aromatic rings. The number of nitrogens with one attached hydrogen (secondary N) is 2. The molecule has 0 bridgehead atoms. The predicted octanol–water partition coefficient (Wildman–Crippen LogP) is 0.962. The van der Waals surface area contributed by atoms with Crippen LogP contribution in [0, 0.1) is 0 Å². The quantitative estimate of drug-likeness (QED) is 0.483. The molecule has 1 heterocycles. The van der Waals surface area contributed by atoms with Gasteiger partial charge in [0.1, 0.15) is 4.90 Å². The average molecular weight is 319 g/mol. The highest BCUT2D eigenvalue weighted by atomic mass is 32.2. The summed E-state index contributed by atoms with van der Waals surface area (Å²) in [6.07, 6.45) is 6.22. The standard InChI is InChI=1S/C11H21N5O2S2/c1-4-11(5-2,19-3)8-15-20(17,18)9-6-13-10(16-12)14-7-9/h6-7,15H,4-5,8,12H2,1-3H3,(H,13,14,16). The van der Waals surface area contributed by atoms with Crippen molar-refractivity contribution < 1.29 is 8.42 Å². The van der Waals surface area contributed by atoms with Gasteiger partial charge in [-0.05, 0) is 19.1 Å². The molecule has 7 nitrogen and oxygen atoms in total. The number of rotatable bonds is 8. The number of nitrogens with two attached hydrogens (primary N) is 1. The van der Waals surface area contributed by atoms with E-state index in [1.54, 1.807) is 11.8 Å². The minimum atomic E-state index is -3.61. The second-order valence-corrected chi connectivity index (χ2v) is 7.35. The summed E-state index contributed by atoms with van der Waals surface area (Å²) in [5, 5.41) is 0. The highest BCUT2D eigenvalue weighted by Gasteiger charge is 2.27. The maximum Gasteiger partial charge on any atom is 0.243 e. The van der Waals surface area contributed by atoms with Gasteiger partial charge in [0, 0.05) is 11.3 Å². The van der Waals surface area contributed by atoms with Gasteiger partial charge in [0.05, 0.1) is 12.4 Å². The van der Waals surface area contributed by atoms with E-state index in [-0.39, 0.29) is 15.6 Å². The Bertz CT molecular complexity index is 506. The molecule has 0 unspecified atom stereocenters. The number of nitrogens with zero attached hydrogens (tertiary/aromatic N) is 2. The van der Waals surface area contributed by atoms with Crippen molar-refractivity contribution in [2.24, 2.45) is 5.84 Å². The number of thioether (sulfide) groups is 1. The van der Waals surface area contributed by atoms with Crippen LogP contribution in [0.1, 0.15) is 26.7 Å². The number of hydrazine groups is 1. The zero-order valence-corrected chi connectivity index (χ0v) is 13.5. The molecule has 1 aromatic heterocycles. The van der Waals surface area contributed by atoms with E-state index in [0.717, 1.165) is 12.8 Å². The molecule has 0 atom stereocenters. The SMILES string of the molecule is CCC(CC)(CNS(=O)(=O)c1cnc(NN)nc1)SC. The fourth-order valence-corrected chi connectivity index (χ4v) is 3.60. The van der Waals surface area contributed by atoms with E-state index < -0.39 is 10.0 Å². The number of hydrogen-bond acceptors (Lipinski definition) is 7. The third-order valence-electron chi connectivity index (χ3n) is 3.37. The highest BCUT2D eigenvalue weighted by molar-refractivity contribution is 8.00. The lowest BCUT2D eigenvalue weighted by atomic mass is 10.0. The van der Waals surface area contributed by atoms with Gasteiger partial charge in [0.15, 0.2) is 0 Å². The molecular formula is C11H21N5O2S2. The molecule has 0 fully saturated rings. The third-order valence-corrected chi connectivity index (χ3v) is 6.32. The maximum absolute atomic E-state index is 12.2. The van der Waals surface area contributed by atoms with Crippen LogP contribution in [-0.4, -0.2) is 35.9 Å². The molecule has 0 amide bonds. The third kappa shape index (κ3) is 4.05. The monoisotopic (exact) mass is 319 g/mol. The van der Waals surface area contributed by atoms with Gasteiger partial charge in [-0.3, -0.25) is 5.43 Å². The van der Waals surface area contributed by atoms with Crippen LogP contribution < -0.4 is 16.0 Å². The summed E-state index contributed by atoms with van der Waals surface area (Å²) < 4.78 is 26.9. The number of sulfonamides is 1. The molecule has 0 spiro atoms. The summed E-state index contributed by atoms with van der Waals surface area (Å²) in [5.74, 6) is 5.31. The minimum Gasteiger partial charge on any atom is -0.292 e. The lowest BCUT2D eigenvalue weighted by Crippen LogP contribution is -2.39. The van der Waals surface area contributed by atoms with Crippen molar-refractivity contribution in [3.8, 4) is 0 Å². The van der Waals surface area contributed by atoms with Crippen molar-refractivity contribution in [3.05, 3.63) is 12.4 Å². The van der Waals surface area contributed by atoms with E-state index >= 15 is 0 Å². The van der Waals surface area contributed by atoms with Crippen molar-refractivity contribution in [1.82, 2.24) is 14.7 Å². The van der Waals surface area contributed by atoms with Crippen molar-refractivity contribution in [2.75, 3.05) is 18.2 Å². The topological polar surface area (TPSA) is 110 Å². The van der Waals surface area contributed by atoms with Gasteiger partial charge >= 0.3 is 0 Å². The largest absolute Gasteiger partial charge is 0.292 e. The van der Waals surface area contributed by atoms with Crippen molar-refractivity contribution in [2.45, 2.75) is 36.3 Å². The molecule has 0 aliphatic rings. The Balaban J connectivity index is 2.84. The normalized spacial score (nSPS) is 12.4. The summed E-state index contributed by atoms with van der Waals surface area (Å²) in [5.41, 5.74) is 2.25. The van der Waals surface area contributed by atoms with Gasteiger partial charge in [0.2, 0.25) is 16.0 Å². The van der Waals surface area contributed by atoms with E-state index in [0.29, 0.717) is 6.54 Å². The van der Waals surface area contributed by atoms with Crippen LogP contribution in [-0.2, 0) is 10.0 Å². The molecule has 4 N–H and O–H groups in total. The molecule has 0 aromatic carbocycles. The fourth-order valence-electron chi connectivity index (χ4n) is 1.70.